The van der Waals surface area contributed by atoms with Crippen molar-refractivity contribution in [2.75, 3.05) is 31.5 Å². The molecule has 0 saturated carbocycles. The number of fused-ring (bicyclic) bond motifs is 1. The van der Waals surface area contributed by atoms with E-state index in [-0.39, 0.29) is 11.5 Å². The van der Waals surface area contributed by atoms with E-state index in [1.165, 1.54) is 0 Å². The fourth-order valence-corrected chi connectivity index (χ4v) is 4.86. The minimum atomic E-state index is -0.842. The number of hydrogen-bond donors (Lipinski definition) is 3. The number of nitrogens with one attached hydrogen (secondary N) is 2. The van der Waals surface area contributed by atoms with Gasteiger partial charge in [0.1, 0.15) is 6.07 Å². The predicted octanol–water partition coefficient (Wildman–Crippen LogP) is 5.60. The highest BCUT2D eigenvalue weighted by atomic mass is 16.4. The molecule has 0 aliphatic carbocycles. The third-order valence-electron chi connectivity index (χ3n) is 6.98. The zero-order valence-electron chi connectivity index (χ0n) is 21.4. The third-order valence-corrected chi connectivity index (χ3v) is 6.98. The standard InChI is InChI=1S/C28H34N6O2/c1-19-22-10-11-31-24(22)9-8-23(19)32-26-20(16-30-17-21(26)15-29)7-5-6-12-33-13-14-34(27(35)36)25(18-33)28(2,3)4/h5,7-11,16-17,25,31H,6,12-14,18H2,1-4H3,(H,30,32)(H,35,36). The van der Waals surface area contributed by atoms with Crippen molar-refractivity contribution >= 4 is 34.4 Å². The number of aromatic amines is 1. The molecule has 1 saturated heterocycles. The van der Waals surface area contributed by atoms with Crippen molar-refractivity contribution in [3.8, 4) is 6.07 Å². The Labute approximate surface area is 212 Å². The molecule has 0 spiro atoms. The first-order valence-corrected chi connectivity index (χ1v) is 12.3. The molecule has 2 aromatic heterocycles. The van der Waals surface area contributed by atoms with Crippen molar-refractivity contribution in [2.45, 2.75) is 40.2 Å². The van der Waals surface area contributed by atoms with Crippen molar-refractivity contribution in [1.82, 2.24) is 19.8 Å². The average molecular weight is 487 g/mol. The lowest BCUT2D eigenvalue weighted by atomic mass is 9.84. The van der Waals surface area contributed by atoms with Gasteiger partial charge < -0.3 is 20.3 Å². The van der Waals surface area contributed by atoms with Crippen LogP contribution < -0.4 is 5.32 Å². The molecule has 0 bridgehead atoms. The van der Waals surface area contributed by atoms with E-state index in [2.05, 4.69) is 66.1 Å². The second kappa shape index (κ2) is 10.4. The van der Waals surface area contributed by atoms with Gasteiger partial charge in [-0.05, 0) is 42.5 Å². The maximum absolute atomic E-state index is 11.7. The predicted molar refractivity (Wildman–Crippen MR) is 143 cm³/mol. The lowest BCUT2D eigenvalue weighted by molar-refractivity contribution is 0.0224. The Balaban J connectivity index is 1.47. The minimum Gasteiger partial charge on any atom is -0.465 e. The van der Waals surface area contributed by atoms with Gasteiger partial charge in [0.05, 0.1) is 17.3 Å². The van der Waals surface area contributed by atoms with Crippen LogP contribution in [0, 0.1) is 23.7 Å². The summed E-state index contributed by atoms with van der Waals surface area (Å²) in [6.45, 7) is 11.2. The number of piperazine rings is 1. The molecule has 4 rings (SSSR count). The summed E-state index contributed by atoms with van der Waals surface area (Å²) >= 11 is 0. The molecule has 1 unspecified atom stereocenters. The van der Waals surface area contributed by atoms with Crippen LogP contribution in [0.25, 0.3) is 17.0 Å². The van der Waals surface area contributed by atoms with Crippen LogP contribution in [0.15, 0.2) is 42.9 Å². The Morgan fingerprint density at radius 1 is 1.31 bits per heavy atom. The van der Waals surface area contributed by atoms with E-state index in [1.807, 2.05) is 24.4 Å². The van der Waals surface area contributed by atoms with Crippen molar-refractivity contribution in [1.29, 1.82) is 5.26 Å². The van der Waals surface area contributed by atoms with Gasteiger partial charge in [-0.1, -0.05) is 32.9 Å². The van der Waals surface area contributed by atoms with Gasteiger partial charge in [-0.3, -0.25) is 9.88 Å². The summed E-state index contributed by atoms with van der Waals surface area (Å²) in [6, 6.07) is 8.32. The zero-order valence-corrected chi connectivity index (χ0v) is 21.4. The number of hydrogen-bond acceptors (Lipinski definition) is 5. The van der Waals surface area contributed by atoms with E-state index < -0.39 is 6.09 Å². The number of benzene rings is 1. The SMILES string of the molecule is Cc1c(Nc2c(C#N)cncc2C=CCCN2CCN(C(=O)O)C(C(C)(C)C)C2)ccc2[nH]ccc12. The van der Waals surface area contributed by atoms with E-state index in [4.69, 9.17) is 0 Å². The Kier molecular flexibility index (Phi) is 7.32. The first-order valence-electron chi connectivity index (χ1n) is 12.3. The molecule has 3 N–H and O–H groups in total. The summed E-state index contributed by atoms with van der Waals surface area (Å²) in [5, 5.41) is 23.9. The number of rotatable bonds is 6. The number of aryl methyl sites for hydroxylation is 1. The first-order chi connectivity index (χ1) is 17.2. The second-order valence-electron chi connectivity index (χ2n) is 10.4. The van der Waals surface area contributed by atoms with Crippen LogP contribution in [0.1, 0.15) is 43.9 Å². The van der Waals surface area contributed by atoms with Gasteiger partial charge >= 0.3 is 6.09 Å². The van der Waals surface area contributed by atoms with E-state index in [1.54, 1.807) is 17.3 Å². The van der Waals surface area contributed by atoms with E-state index in [0.29, 0.717) is 12.1 Å². The number of nitriles is 1. The molecule has 0 radical (unpaired) electrons. The molecule has 3 heterocycles. The molecule has 1 aliphatic heterocycles. The minimum absolute atomic E-state index is 0.0411. The van der Waals surface area contributed by atoms with E-state index in [9.17, 15) is 15.2 Å². The van der Waals surface area contributed by atoms with Gasteiger partial charge in [-0.25, -0.2) is 4.79 Å². The van der Waals surface area contributed by atoms with Crippen LogP contribution in [0.3, 0.4) is 0 Å². The number of carboxylic acid groups (broad SMARTS) is 1. The molecular weight excluding hydrogens is 452 g/mol. The molecule has 1 atom stereocenters. The lowest BCUT2D eigenvalue weighted by Gasteiger charge is -2.46. The third kappa shape index (κ3) is 5.37. The molecule has 3 aromatic rings. The summed E-state index contributed by atoms with van der Waals surface area (Å²) in [7, 11) is 0. The maximum Gasteiger partial charge on any atom is 0.407 e. The number of pyridine rings is 1. The Morgan fingerprint density at radius 2 is 2.11 bits per heavy atom. The van der Waals surface area contributed by atoms with Gasteiger partial charge in [0, 0.05) is 66.9 Å². The Bertz CT molecular complexity index is 1310. The van der Waals surface area contributed by atoms with Gasteiger partial charge in [0.25, 0.3) is 0 Å². The smallest absolute Gasteiger partial charge is 0.407 e. The summed E-state index contributed by atoms with van der Waals surface area (Å²) in [6.07, 6.45) is 9.35. The molecule has 1 amide bonds. The molecule has 8 heteroatoms. The topological polar surface area (TPSA) is 108 Å². The molecule has 1 aliphatic rings. The normalized spacial score (nSPS) is 17.0. The van der Waals surface area contributed by atoms with Gasteiger partial charge in [-0.2, -0.15) is 5.26 Å². The molecule has 1 fully saturated rings. The second-order valence-corrected chi connectivity index (χ2v) is 10.4. The fraction of sp³-hybridized carbons (Fsp3) is 0.393. The highest BCUT2D eigenvalue weighted by molar-refractivity contribution is 5.89. The number of carbonyl (C=O) groups is 1. The maximum atomic E-state index is 11.7. The zero-order chi connectivity index (χ0) is 25.9. The summed E-state index contributed by atoms with van der Waals surface area (Å²) < 4.78 is 0. The number of amides is 1. The van der Waals surface area contributed by atoms with Crippen molar-refractivity contribution in [2.24, 2.45) is 5.41 Å². The summed E-state index contributed by atoms with van der Waals surface area (Å²) in [4.78, 5) is 23.1. The molecule has 1 aromatic carbocycles. The average Bonchev–Trinajstić information content (AvgIpc) is 3.33. The molecular formula is C28H34N6O2. The number of nitrogens with zero attached hydrogens (tertiary/aromatic N) is 4. The quantitative estimate of drug-likeness (QED) is 0.418. The molecule has 8 nitrogen and oxygen atoms in total. The Morgan fingerprint density at radius 3 is 2.83 bits per heavy atom. The van der Waals surface area contributed by atoms with Crippen LogP contribution in [0.4, 0.5) is 16.2 Å². The highest BCUT2D eigenvalue weighted by Crippen LogP contribution is 2.31. The van der Waals surface area contributed by atoms with Crippen LogP contribution >= 0.6 is 0 Å². The first kappa shape index (κ1) is 25.3. The fourth-order valence-electron chi connectivity index (χ4n) is 4.86. The largest absolute Gasteiger partial charge is 0.465 e. The van der Waals surface area contributed by atoms with Crippen molar-refractivity contribution in [3.63, 3.8) is 0 Å². The monoisotopic (exact) mass is 486 g/mol. The molecule has 188 valence electrons. The Hall–Kier alpha value is -3.83. The van der Waals surface area contributed by atoms with Gasteiger partial charge in [0.2, 0.25) is 0 Å². The van der Waals surface area contributed by atoms with Gasteiger partial charge in [-0.15, -0.1) is 0 Å². The van der Waals surface area contributed by atoms with Gasteiger partial charge in [0.15, 0.2) is 0 Å². The van der Waals surface area contributed by atoms with E-state index >= 15 is 0 Å². The highest BCUT2D eigenvalue weighted by Gasteiger charge is 2.37. The van der Waals surface area contributed by atoms with Crippen LogP contribution in [-0.2, 0) is 0 Å². The number of aromatic nitrogens is 2. The lowest BCUT2D eigenvalue weighted by Crippen LogP contribution is -2.59. The number of anilines is 2. The molecule has 36 heavy (non-hydrogen) atoms. The van der Waals surface area contributed by atoms with Crippen LogP contribution in [-0.4, -0.2) is 63.2 Å². The van der Waals surface area contributed by atoms with E-state index in [0.717, 1.165) is 59.5 Å². The van der Waals surface area contributed by atoms with Crippen LogP contribution in [0.5, 0.6) is 0 Å². The van der Waals surface area contributed by atoms with Crippen molar-refractivity contribution < 1.29 is 9.90 Å². The van der Waals surface area contributed by atoms with Crippen molar-refractivity contribution in [3.05, 3.63) is 59.6 Å². The number of H-pyrrole nitrogens is 1. The summed E-state index contributed by atoms with van der Waals surface area (Å²) in [5.41, 5.74) is 5.09. The van der Waals surface area contributed by atoms with Crippen LogP contribution in [0.2, 0.25) is 0 Å². The summed E-state index contributed by atoms with van der Waals surface area (Å²) in [5.74, 6) is 0.